The van der Waals surface area contributed by atoms with Crippen LogP contribution in [0.25, 0.3) is 0 Å². The fourth-order valence-corrected chi connectivity index (χ4v) is 3.41. The van der Waals surface area contributed by atoms with Gasteiger partial charge in [-0.05, 0) is 24.3 Å². The molecule has 126 valence electrons. The number of nitrogen functional groups attached to an aromatic ring is 1. The first-order valence-corrected chi connectivity index (χ1v) is 7.73. The Bertz CT molecular complexity index is 676. The van der Waals surface area contributed by atoms with Crippen LogP contribution in [0.1, 0.15) is 0 Å². The van der Waals surface area contributed by atoms with Crippen molar-refractivity contribution in [2.75, 3.05) is 17.2 Å². The van der Waals surface area contributed by atoms with E-state index in [0.29, 0.717) is 0 Å². The molecule has 1 aromatic rings. The molecule has 3 N–H and O–H groups in total. The van der Waals surface area contributed by atoms with Crippen molar-refractivity contribution in [1.82, 2.24) is 0 Å². The van der Waals surface area contributed by atoms with Gasteiger partial charge in [-0.25, -0.2) is 9.18 Å². The number of hydrogen-bond donors (Lipinski definition) is 2. The van der Waals surface area contributed by atoms with E-state index in [1.165, 1.54) is 0 Å². The van der Waals surface area contributed by atoms with Gasteiger partial charge in [0.1, 0.15) is 9.05 Å². The largest absolute Gasteiger partial charge is 0.478 e. The van der Waals surface area contributed by atoms with Crippen molar-refractivity contribution in [3.63, 3.8) is 0 Å². The second-order valence-electron chi connectivity index (χ2n) is 4.94. The Morgan fingerprint density at radius 1 is 1.39 bits per heavy atom. The molecule has 0 aromatic heterocycles. The summed E-state index contributed by atoms with van der Waals surface area (Å²) in [6.07, 6.45) is -3.91. The molecule has 1 unspecified atom stereocenters. The van der Waals surface area contributed by atoms with E-state index in [1.807, 2.05) is 0 Å². The number of alkyl halides is 5. The van der Waals surface area contributed by atoms with Crippen molar-refractivity contribution in [3.05, 3.63) is 35.7 Å². The third-order valence-electron chi connectivity index (χ3n) is 3.21. The van der Waals surface area contributed by atoms with E-state index in [0.717, 1.165) is 29.2 Å². The summed E-state index contributed by atoms with van der Waals surface area (Å²) >= 11 is 6.25. The second-order valence-corrected chi connectivity index (χ2v) is 8.84. The highest BCUT2D eigenvalue weighted by Gasteiger charge is 2.53. The summed E-state index contributed by atoms with van der Waals surface area (Å²) in [4.78, 5) is 12.1. The van der Waals surface area contributed by atoms with E-state index in [-0.39, 0.29) is 17.9 Å². The zero-order valence-electron chi connectivity index (χ0n) is 11.2. The van der Waals surface area contributed by atoms with E-state index in [2.05, 4.69) is 31.9 Å². The summed E-state index contributed by atoms with van der Waals surface area (Å²) in [5.41, 5.74) is 4.43. The third-order valence-corrected chi connectivity index (χ3v) is 4.17. The molecule has 0 radical (unpaired) electrons. The lowest BCUT2D eigenvalue weighted by molar-refractivity contribution is -0.151. The number of hydrogen-bond acceptors (Lipinski definition) is 3. The second kappa shape index (κ2) is 5.97. The van der Waals surface area contributed by atoms with Crippen molar-refractivity contribution in [3.8, 4) is 0 Å². The minimum Gasteiger partial charge on any atom is -0.478 e. The summed E-state index contributed by atoms with van der Waals surface area (Å²) in [6.45, 7) is -0.274. The molecule has 1 aliphatic heterocycles. The number of carboxylic acid groups (broad SMARTS) is 1. The Hall–Kier alpha value is -1.29. The van der Waals surface area contributed by atoms with Crippen LogP contribution in [0, 0.1) is 5.82 Å². The fraction of sp³-hybridized carbons (Fsp3) is 0.308. The van der Waals surface area contributed by atoms with Gasteiger partial charge in [0.2, 0.25) is 0 Å². The van der Waals surface area contributed by atoms with Gasteiger partial charge in [0.05, 0.1) is 16.9 Å². The Labute approximate surface area is 145 Å². The molecule has 1 atom stereocenters. The molecule has 23 heavy (non-hydrogen) atoms. The van der Waals surface area contributed by atoms with Gasteiger partial charge in [-0.2, -0.15) is 13.2 Å². The molecule has 0 aliphatic carbocycles. The molecule has 0 saturated heterocycles. The smallest absolute Gasteiger partial charge is 0.413 e. The van der Waals surface area contributed by atoms with Crippen LogP contribution >= 0.6 is 31.9 Å². The van der Waals surface area contributed by atoms with E-state index >= 15 is 0 Å². The lowest BCUT2D eigenvalue weighted by atomic mass is 9.97. The molecular formula is C13H10Br2F4N2O2. The Morgan fingerprint density at radius 3 is 2.48 bits per heavy atom. The quantitative estimate of drug-likeness (QED) is 0.401. The Balaban J connectivity index is 2.64. The normalized spacial score (nSPS) is 21.0. The lowest BCUT2D eigenvalue weighted by Crippen LogP contribution is -2.55. The number of nitrogens with zero attached hydrogens (tertiary/aromatic N) is 1. The molecule has 4 nitrogen and oxygen atoms in total. The van der Waals surface area contributed by atoms with Crippen LogP contribution in [0.5, 0.6) is 0 Å². The zero-order valence-corrected chi connectivity index (χ0v) is 14.4. The molecular weight excluding hydrogens is 452 g/mol. The SMILES string of the molecule is Nc1cc(F)ccc1N1CC(Br)(Br)C=C(C(=O)O)C1C(F)(F)F. The number of rotatable bonds is 2. The predicted molar refractivity (Wildman–Crippen MR) is 84.3 cm³/mol. The van der Waals surface area contributed by atoms with Crippen LogP contribution in [0.4, 0.5) is 28.9 Å². The molecule has 0 spiro atoms. The van der Waals surface area contributed by atoms with Crippen molar-refractivity contribution >= 4 is 49.2 Å². The molecule has 0 saturated carbocycles. The monoisotopic (exact) mass is 460 g/mol. The first-order valence-electron chi connectivity index (χ1n) is 6.14. The highest BCUT2D eigenvalue weighted by molar-refractivity contribution is 9.25. The van der Waals surface area contributed by atoms with Crippen molar-refractivity contribution in [1.29, 1.82) is 0 Å². The maximum atomic E-state index is 13.5. The van der Waals surface area contributed by atoms with Gasteiger partial charge >= 0.3 is 12.1 Å². The van der Waals surface area contributed by atoms with E-state index in [9.17, 15) is 22.4 Å². The van der Waals surface area contributed by atoms with Crippen molar-refractivity contribution < 1.29 is 27.5 Å². The van der Waals surface area contributed by atoms with Gasteiger partial charge in [-0.1, -0.05) is 31.9 Å². The maximum Gasteiger partial charge on any atom is 0.413 e. The van der Waals surface area contributed by atoms with E-state index in [4.69, 9.17) is 10.8 Å². The van der Waals surface area contributed by atoms with Gasteiger partial charge < -0.3 is 15.7 Å². The fourth-order valence-electron chi connectivity index (χ4n) is 2.38. The average molecular weight is 462 g/mol. The number of anilines is 2. The maximum absolute atomic E-state index is 13.5. The van der Waals surface area contributed by atoms with Crippen LogP contribution in [0.2, 0.25) is 0 Å². The van der Waals surface area contributed by atoms with Crippen molar-refractivity contribution in [2.24, 2.45) is 0 Å². The number of carbonyl (C=O) groups is 1. The van der Waals surface area contributed by atoms with Crippen LogP contribution < -0.4 is 10.6 Å². The van der Waals surface area contributed by atoms with Gasteiger partial charge in [0.25, 0.3) is 0 Å². The number of benzene rings is 1. The third kappa shape index (κ3) is 3.79. The average Bonchev–Trinajstić information content (AvgIpc) is 2.34. The first-order chi connectivity index (χ1) is 10.4. The zero-order chi connectivity index (χ0) is 17.6. The highest BCUT2D eigenvalue weighted by atomic mass is 79.9. The van der Waals surface area contributed by atoms with Crippen LogP contribution in [0.3, 0.4) is 0 Å². The van der Waals surface area contributed by atoms with Gasteiger partial charge in [0, 0.05) is 6.54 Å². The topological polar surface area (TPSA) is 66.6 Å². The van der Waals surface area contributed by atoms with Gasteiger partial charge in [-0.15, -0.1) is 0 Å². The van der Waals surface area contributed by atoms with Gasteiger partial charge in [0.15, 0.2) is 6.04 Å². The summed E-state index contributed by atoms with van der Waals surface area (Å²) < 4.78 is 52.3. The molecule has 0 fully saturated rings. The van der Waals surface area contributed by atoms with Crippen molar-refractivity contribution in [2.45, 2.75) is 15.5 Å². The molecule has 1 aliphatic rings. The summed E-state index contributed by atoms with van der Waals surface area (Å²) in [5, 5.41) is 9.15. The summed E-state index contributed by atoms with van der Waals surface area (Å²) in [6, 6.07) is 0.522. The first kappa shape index (κ1) is 18.1. The minimum atomic E-state index is -4.86. The number of carboxylic acids is 1. The highest BCUT2D eigenvalue weighted by Crippen LogP contribution is 2.44. The number of nitrogens with two attached hydrogens (primary N) is 1. The Kier molecular flexibility index (Phi) is 4.69. The van der Waals surface area contributed by atoms with Crippen LogP contribution in [-0.2, 0) is 4.79 Å². The van der Waals surface area contributed by atoms with E-state index in [1.54, 1.807) is 0 Å². The predicted octanol–water partition coefficient (Wildman–Crippen LogP) is 3.66. The van der Waals surface area contributed by atoms with E-state index < -0.39 is 32.8 Å². The number of halogens is 6. The number of aliphatic carboxylic acids is 1. The molecule has 1 aromatic carbocycles. The van der Waals surface area contributed by atoms with Crippen LogP contribution in [-0.4, -0.2) is 33.1 Å². The lowest BCUT2D eigenvalue weighted by Gasteiger charge is -2.42. The van der Waals surface area contributed by atoms with Crippen LogP contribution in [0.15, 0.2) is 29.8 Å². The molecule has 10 heteroatoms. The molecule has 0 amide bonds. The minimum absolute atomic E-state index is 0.108. The standard InChI is InChI=1S/C13H10Br2F4N2O2/c14-12(15)4-7(11(22)23)10(13(17,18)19)21(5-12)9-2-1-6(16)3-8(9)20/h1-4,10H,5,20H2,(H,22,23). The molecule has 0 bridgehead atoms. The van der Waals surface area contributed by atoms with Gasteiger partial charge in [-0.3, -0.25) is 0 Å². The molecule has 1 heterocycles. The summed E-state index contributed by atoms with van der Waals surface area (Å²) in [7, 11) is 0. The molecule has 2 rings (SSSR count). The Morgan fingerprint density at radius 2 is 2.00 bits per heavy atom. The summed E-state index contributed by atoms with van der Waals surface area (Å²) in [5.74, 6) is -2.41.